The lowest BCUT2D eigenvalue weighted by atomic mass is 10.1. The Morgan fingerprint density at radius 1 is 1.62 bits per heavy atom. The molecule has 1 aromatic rings. The Balaban J connectivity index is 3.41. The van der Waals surface area contributed by atoms with Crippen molar-refractivity contribution in [2.24, 2.45) is 0 Å². The lowest BCUT2D eigenvalue weighted by molar-refractivity contribution is 0.101. The van der Waals surface area contributed by atoms with Crippen LogP contribution in [0.25, 0.3) is 0 Å². The first-order valence-corrected chi connectivity index (χ1v) is 4.25. The number of halogens is 2. The molecule has 0 unspecified atom stereocenters. The van der Waals surface area contributed by atoms with Gasteiger partial charge in [0.25, 0.3) is 0 Å². The van der Waals surface area contributed by atoms with Crippen LogP contribution >= 0.6 is 15.9 Å². The van der Waals surface area contributed by atoms with E-state index in [1.807, 2.05) is 0 Å². The van der Waals surface area contributed by atoms with Crippen LogP contribution in [0.5, 0.6) is 0 Å². The molecule has 0 saturated carbocycles. The van der Waals surface area contributed by atoms with Gasteiger partial charge in [0.15, 0.2) is 11.6 Å². The molecule has 0 radical (unpaired) electrons. The molecular weight excluding hydrogens is 237 g/mol. The van der Waals surface area contributed by atoms with E-state index < -0.39 is 5.82 Å². The van der Waals surface area contributed by atoms with Gasteiger partial charge < -0.3 is 0 Å². The summed E-state index contributed by atoms with van der Waals surface area (Å²) in [4.78, 5) is 10.9. The molecule has 0 atom stereocenters. The molecule has 0 aliphatic carbocycles. The lowest BCUT2D eigenvalue weighted by Crippen LogP contribution is -1.96. The summed E-state index contributed by atoms with van der Waals surface area (Å²) in [6, 6.07) is 4.27. The van der Waals surface area contributed by atoms with Crippen molar-refractivity contribution in [3.05, 3.63) is 33.5 Å². The molecule has 0 aliphatic heterocycles. The number of Topliss-reactive ketones (excluding diaryl/α,β-unsaturated/α-hetero) is 1. The summed E-state index contributed by atoms with van der Waals surface area (Å²) >= 11 is 2.93. The quantitative estimate of drug-likeness (QED) is 0.710. The van der Waals surface area contributed by atoms with Crippen LogP contribution in [0.2, 0.25) is 0 Å². The predicted molar refractivity (Wildman–Crippen MR) is 48.8 cm³/mol. The number of rotatable bonds is 1. The minimum atomic E-state index is -0.632. The summed E-state index contributed by atoms with van der Waals surface area (Å²) in [6.07, 6.45) is 0. The molecule has 0 heterocycles. The highest BCUT2D eigenvalue weighted by molar-refractivity contribution is 9.10. The van der Waals surface area contributed by atoms with Gasteiger partial charge in [0.1, 0.15) is 6.07 Å². The monoisotopic (exact) mass is 241 g/mol. The van der Waals surface area contributed by atoms with E-state index >= 15 is 0 Å². The van der Waals surface area contributed by atoms with Crippen LogP contribution in [0.1, 0.15) is 22.8 Å². The van der Waals surface area contributed by atoms with Gasteiger partial charge >= 0.3 is 0 Å². The van der Waals surface area contributed by atoms with Crippen LogP contribution in [-0.4, -0.2) is 5.78 Å². The average molecular weight is 242 g/mol. The molecule has 0 saturated heterocycles. The van der Waals surface area contributed by atoms with Crippen LogP contribution in [-0.2, 0) is 0 Å². The van der Waals surface area contributed by atoms with E-state index in [-0.39, 0.29) is 15.8 Å². The minimum absolute atomic E-state index is 0.125. The molecule has 0 aromatic heterocycles. The Bertz CT molecular complexity index is 409. The average Bonchev–Trinajstić information content (AvgIpc) is 2.09. The van der Waals surface area contributed by atoms with Gasteiger partial charge in [-0.1, -0.05) is 0 Å². The molecule has 66 valence electrons. The van der Waals surface area contributed by atoms with Crippen molar-refractivity contribution in [3.8, 4) is 6.07 Å². The van der Waals surface area contributed by atoms with E-state index in [0.29, 0.717) is 5.56 Å². The molecule has 0 bridgehead atoms. The second-order valence-electron chi connectivity index (χ2n) is 2.49. The van der Waals surface area contributed by atoms with E-state index in [2.05, 4.69) is 15.9 Å². The molecule has 2 nitrogen and oxygen atoms in total. The number of nitriles is 1. The lowest BCUT2D eigenvalue weighted by Gasteiger charge is -2.00. The van der Waals surface area contributed by atoms with E-state index in [4.69, 9.17) is 5.26 Å². The maximum Gasteiger partial charge on any atom is 0.159 e. The largest absolute Gasteiger partial charge is 0.295 e. The number of carbonyl (C=O) groups excluding carboxylic acids is 1. The van der Waals surface area contributed by atoms with Gasteiger partial charge in [-0.15, -0.1) is 0 Å². The first-order valence-electron chi connectivity index (χ1n) is 3.46. The zero-order valence-electron chi connectivity index (χ0n) is 6.77. The van der Waals surface area contributed by atoms with Gasteiger partial charge in [-0.05, 0) is 35.0 Å². The van der Waals surface area contributed by atoms with Gasteiger partial charge in [0, 0.05) is 5.56 Å². The molecule has 0 amide bonds. The summed E-state index contributed by atoms with van der Waals surface area (Å²) in [5.74, 6) is -0.829. The SMILES string of the molecule is CC(=O)c1cc(Br)c(F)c(C#N)c1. The Hall–Kier alpha value is -1.21. The van der Waals surface area contributed by atoms with Gasteiger partial charge in [-0.2, -0.15) is 5.26 Å². The maximum absolute atomic E-state index is 13.1. The van der Waals surface area contributed by atoms with E-state index in [0.717, 1.165) is 0 Å². The number of carbonyl (C=O) groups is 1. The number of hydrogen-bond donors (Lipinski definition) is 0. The molecule has 0 N–H and O–H groups in total. The molecule has 0 spiro atoms. The number of nitrogens with zero attached hydrogens (tertiary/aromatic N) is 1. The molecule has 0 fully saturated rings. The summed E-state index contributed by atoms with van der Waals surface area (Å²) < 4.78 is 13.2. The predicted octanol–water partition coefficient (Wildman–Crippen LogP) is 2.66. The van der Waals surface area contributed by atoms with E-state index in [1.54, 1.807) is 6.07 Å². The van der Waals surface area contributed by atoms with Crippen LogP contribution in [0.3, 0.4) is 0 Å². The minimum Gasteiger partial charge on any atom is -0.295 e. The van der Waals surface area contributed by atoms with Gasteiger partial charge in [-0.3, -0.25) is 4.79 Å². The summed E-state index contributed by atoms with van der Waals surface area (Å²) in [5.41, 5.74) is 0.199. The Labute approximate surface area is 83.1 Å². The zero-order valence-corrected chi connectivity index (χ0v) is 8.35. The molecule has 0 aliphatic rings. The van der Waals surface area contributed by atoms with Crippen LogP contribution in [0.15, 0.2) is 16.6 Å². The van der Waals surface area contributed by atoms with Crippen molar-refractivity contribution >= 4 is 21.7 Å². The van der Waals surface area contributed by atoms with Crippen molar-refractivity contribution in [2.75, 3.05) is 0 Å². The van der Waals surface area contributed by atoms with Crippen molar-refractivity contribution in [1.29, 1.82) is 5.26 Å². The number of benzene rings is 1. The summed E-state index contributed by atoms with van der Waals surface area (Å²) in [5, 5.41) is 8.53. The van der Waals surface area contributed by atoms with Gasteiger partial charge in [-0.25, -0.2) is 4.39 Å². The molecule has 13 heavy (non-hydrogen) atoms. The fourth-order valence-corrected chi connectivity index (χ4v) is 1.33. The van der Waals surface area contributed by atoms with Crippen molar-refractivity contribution in [3.63, 3.8) is 0 Å². The second-order valence-corrected chi connectivity index (χ2v) is 3.34. The third kappa shape index (κ3) is 1.93. The highest BCUT2D eigenvalue weighted by atomic mass is 79.9. The topological polar surface area (TPSA) is 40.9 Å². The van der Waals surface area contributed by atoms with Crippen LogP contribution < -0.4 is 0 Å². The fraction of sp³-hybridized carbons (Fsp3) is 0.111. The molecule has 1 aromatic carbocycles. The van der Waals surface area contributed by atoms with Crippen molar-refractivity contribution < 1.29 is 9.18 Å². The first-order chi connectivity index (χ1) is 6.06. The highest BCUT2D eigenvalue weighted by Gasteiger charge is 2.10. The Morgan fingerprint density at radius 2 is 2.23 bits per heavy atom. The standard InChI is InChI=1S/C9H5BrFNO/c1-5(13)6-2-7(4-12)9(11)8(10)3-6/h2-3H,1H3. The Morgan fingerprint density at radius 3 is 2.69 bits per heavy atom. The highest BCUT2D eigenvalue weighted by Crippen LogP contribution is 2.21. The number of hydrogen-bond acceptors (Lipinski definition) is 2. The smallest absolute Gasteiger partial charge is 0.159 e. The van der Waals surface area contributed by atoms with Crippen LogP contribution in [0, 0.1) is 17.1 Å². The van der Waals surface area contributed by atoms with Gasteiger partial charge in [0.05, 0.1) is 10.0 Å². The third-order valence-electron chi connectivity index (χ3n) is 1.56. The normalized spacial score (nSPS) is 9.38. The van der Waals surface area contributed by atoms with Crippen molar-refractivity contribution in [1.82, 2.24) is 0 Å². The van der Waals surface area contributed by atoms with E-state index in [1.165, 1.54) is 19.1 Å². The third-order valence-corrected chi connectivity index (χ3v) is 2.13. The summed E-state index contributed by atoms with van der Waals surface area (Å²) in [6.45, 7) is 1.36. The fourth-order valence-electron chi connectivity index (χ4n) is 0.874. The molecular formula is C9H5BrFNO. The number of ketones is 1. The Kier molecular flexibility index (Phi) is 2.79. The van der Waals surface area contributed by atoms with Gasteiger partial charge in [0.2, 0.25) is 0 Å². The van der Waals surface area contributed by atoms with Crippen molar-refractivity contribution in [2.45, 2.75) is 6.92 Å². The molecule has 4 heteroatoms. The zero-order chi connectivity index (χ0) is 10.0. The second kappa shape index (κ2) is 3.67. The van der Waals surface area contributed by atoms with Crippen LogP contribution in [0.4, 0.5) is 4.39 Å². The van der Waals surface area contributed by atoms with E-state index in [9.17, 15) is 9.18 Å². The summed E-state index contributed by atoms with van der Waals surface area (Å²) in [7, 11) is 0. The maximum atomic E-state index is 13.1. The molecule has 1 rings (SSSR count). The first kappa shape index (κ1) is 9.87.